The minimum atomic E-state index is -0.182. The van der Waals surface area contributed by atoms with Crippen LogP contribution in [0.4, 0.5) is 4.39 Å². The zero-order valence-corrected chi connectivity index (χ0v) is 11.1. The van der Waals surface area contributed by atoms with Crippen LogP contribution >= 0.6 is 0 Å². The SMILES string of the molecule is CC(C)CN=C(N)NCCCc1cccc(F)c1. The fourth-order valence-electron chi connectivity index (χ4n) is 1.54. The van der Waals surface area contributed by atoms with Gasteiger partial charge in [-0.15, -0.1) is 0 Å². The number of nitrogens with two attached hydrogens (primary N) is 1. The summed E-state index contributed by atoms with van der Waals surface area (Å²) in [5.41, 5.74) is 6.71. The molecule has 0 unspecified atom stereocenters. The van der Waals surface area contributed by atoms with Crippen LogP contribution in [0.15, 0.2) is 29.3 Å². The fraction of sp³-hybridized carbons (Fsp3) is 0.500. The Bertz CT molecular complexity index is 388. The summed E-state index contributed by atoms with van der Waals surface area (Å²) < 4.78 is 12.9. The summed E-state index contributed by atoms with van der Waals surface area (Å²) in [5, 5.41) is 3.06. The average molecular weight is 251 g/mol. The van der Waals surface area contributed by atoms with Crippen LogP contribution in [-0.2, 0) is 6.42 Å². The van der Waals surface area contributed by atoms with Crippen molar-refractivity contribution < 1.29 is 4.39 Å². The Balaban J connectivity index is 2.20. The third-order valence-corrected chi connectivity index (χ3v) is 2.46. The predicted molar refractivity (Wildman–Crippen MR) is 74.1 cm³/mol. The van der Waals surface area contributed by atoms with Gasteiger partial charge in [-0.3, -0.25) is 4.99 Å². The Hall–Kier alpha value is -1.58. The Morgan fingerprint density at radius 1 is 1.44 bits per heavy atom. The minimum Gasteiger partial charge on any atom is -0.370 e. The minimum absolute atomic E-state index is 0.182. The Morgan fingerprint density at radius 2 is 2.22 bits per heavy atom. The van der Waals surface area contributed by atoms with E-state index in [9.17, 15) is 4.39 Å². The highest BCUT2D eigenvalue weighted by Crippen LogP contribution is 2.05. The van der Waals surface area contributed by atoms with Crippen LogP contribution in [0, 0.1) is 11.7 Å². The van der Waals surface area contributed by atoms with Gasteiger partial charge in [0, 0.05) is 13.1 Å². The lowest BCUT2D eigenvalue weighted by Crippen LogP contribution is -2.33. The number of hydrogen-bond acceptors (Lipinski definition) is 1. The summed E-state index contributed by atoms with van der Waals surface area (Å²) in [6.07, 6.45) is 1.74. The number of aliphatic imine (C=N–C) groups is 1. The molecule has 4 heteroatoms. The van der Waals surface area contributed by atoms with Gasteiger partial charge in [-0.05, 0) is 36.5 Å². The maximum atomic E-state index is 12.9. The van der Waals surface area contributed by atoms with E-state index in [1.54, 1.807) is 12.1 Å². The van der Waals surface area contributed by atoms with E-state index in [1.165, 1.54) is 6.07 Å². The molecule has 0 atom stereocenters. The molecule has 0 aliphatic carbocycles. The second-order valence-corrected chi connectivity index (χ2v) is 4.78. The Kier molecular flexibility index (Phi) is 6.19. The van der Waals surface area contributed by atoms with Crippen molar-refractivity contribution in [3.8, 4) is 0 Å². The topological polar surface area (TPSA) is 50.4 Å². The summed E-state index contributed by atoms with van der Waals surface area (Å²) in [6.45, 7) is 5.69. The number of rotatable bonds is 6. The zero-order valence-electron chi connectivity index (χ0n) is 11.1. The molecule has 0 fully saturated rings. The van der Waals surface area contributed by atoms with Gasteiger partial charge < -0.3 is 11.1 Å². The van der Waals surface area contributed by atoms with Crippen molar-refractivity contribution in [1.82, 2.24) is 5.32 Å². The molecule has 1 aromatic rings. The maximum absolute atomic E-state index is 12.9. The van der Waals surface area contributed by atoms with E-state index < -0.39 is 0 Å². The van der Waals surface area contributed by atoms with Gasteiger partial charge in [0.2, 0.25) is 0 Å². The predicted octanol–water partition coefficient (Wildman–Crippen LogP) is 2.32. The van der Waals surface area contributed by atoms with Gasteiger partial charge in [0.25, 0.3) is 0 Å². The third kappa shape index (κ3) is 6.23. The molecule has 18 heavy (non-hydrogen) atoms. The van der Waals surface area contributed by atoms with Crippen molar-refractivity contribution in [3.05, 3.63) is 35.6 Å². The fourth-order valence-corrected chi connectivity index (χ4v) is 1.54. The largest absolute Gasteiger partial charge is 0.370 e. The van der Waals surface area contributed by atoms with Crippen molar-refractivity contribution in [2.24, 2.45) is 16.6 Å². The van der Waals surface area contributed by atoms with Crippen LogP contribution in [0.25, 0.3) is 0 Å². The lowest BCUT2D eigenvalue weighted by Gasteiger charge is -2.06. The average Bonchev–Trinajstić information content (AvgIpc) is 2.32. The highest BCUT2D eigenvalue weighted by molar-refractivity contribution is 5.77. The van der Waals surface area contributed by atoms with Crippen LogP contribution in [-0.4, -0.2) is 19.0 Å². The van der Waals surface area contributed by atoms with E-state index in [-0.39, 0.29) is 5.82 Å². The van der Waals surface area contributed by atoms with Crippen LogP contribution in [0.3, 0.4) is 0 Å². The molecular weight excluding hydrogens is 229 g/mol. The lowest BCUT2D eigenvalue weighted by molar-refractivity contribution is 0.624. The number of nitrogens with zero attached hydrogens (tertiary/aromatic N) is 1. The van der Waals surface area contributed by atoms with Crippen LogP contribution in [0.1, 0.15) is 25.8 Å². The molecule has 3 nitrogen and oxygen atoms in total. The van der Waals surface area contributed by atoms with Crippen molar-refractivity contribution in [1.29, 1.82) is 0 Å². The quantitative estimate of drug-likeness (QED) is 0.463. The first-order valence-corrected chi connectivity index (χ1v) is 6.36. The molecule has 0 saturated carbocycles. The van der Waals surface area contributed by atoms with Crippen molar-refractivity contribution >= 4 is 5.96 Å². The Morgan fingerprint density at radius 3 is 2.89 bits per heavy atom. The molecule has 0 bridgehead atoms. The second kappa shape index (κ2) is 7.69. The summed E-state index contributed by atoms with van der Waals surface area (Å²) in [6, 6.07) is 6.68. The first kappa shape index (κ1) is 14.5. The normalized spacial score (nSPS) is 11.9. The van der Waals surface area contributed by atoms with Gasteiger partial charge in [0.15, 0.2) is 5.96 Å². The van der Waals surface area contributed by atoms with Crippen molar-refractivity contribution in [2.45, 2.75) is 26.7 Å². The standard InChI is InChI=1S/C14H22FN3/c1-11(2)10-18-14(16)17-8-4-6-12-5-3-7-13(15)9-12/h3,5,7,9,11H,4,6,8,10H2,1-2H3,(H3,16,17,18). The van der Waals surface area contributed by atoms with E-state index in [2.05, 4.69) is 24.2 Å². The smallest absolute Gasteiger partial charge is 0.188 e. The van der Waals surface area contributed by atoms with Gasteiger partial charge in [-0.25, -0.2) is 4.39 Å². The molecule has 0 amide bonds. The van der Waals surface area contributed by atoms with Crippen molar-refractivity contribution in [3.63, 3.8) is 0 Å². The first-order valence-electron chi connectivity index (χ1n) is 6.36. The number of hydrogen-bond donors (Lipinski definition) is 2. The first-order chi connectivity index (χ1) is 8.58. The number of guanidine groups is 1. The molecule has 1 aromatic carbocycles. The van der Waals surface area contributed by atoms with Gasteiger partial charge >= 0.3 is 0 Å². The number of aryl methyl sites for hydroxylation is 1. The summed E-state index contributed by atoms with van der Waals surface area (Å²) in [4.78, 5) is 4.21. The number of benzene rings is 1. The zero-order chi connectivity index (χ0) is 13.4. The second-order valence-electron chi connectivity index (χ2n) is 4.78. The molecule has 0 aromatic heterocycles. The van der Waals surface area contributed by atoms with Gasteiger partial charge in [-0.1, -0.05) is 26.0 Å². The highest BCUT2D eigenvalue weighted by Gasteiger charge is 1.97. The van der Waals surface area contributed by atoms with E-state index >= 15 is 0 Å². The van der Waals surface area contributed by atoms with Crippen molar-refractivity contribution in [2.75, 3.05) is 13.1 Å². The molecule has 0 heterocycles. The van der Waals surface area contributed by atoms with E-state index in [1.807, 2.05) is 6.07 Å². The molecule has 0 radical (unpaired) electrons. The maximum Gasteiger partial charge on any atom is 0.188 e. The summed E-state index contributed by atoms with van der Waals surface area (Å²) in [5.74, 6) is 0.819. The molecule has 0 saturated heterocycles. The molecule has 1 rings (SSSR count). The molecule has 0 spiro atoms. The number of halogens is 1. The molecular formula is C14H22FN3. The van der Waals surface area contributed by atoms with E-state index in [0.29, 0.717) is 11.9 Å². The van der Waals surface area contributed by atoms with Gasteiger partial charge in [-0.2, -0.15) is 0 Å². The van der Waals surface area contributed by atoms with E-state index in [4.69, 9.17) is 5.73 Å². The number of nitrogens with one attached hydrogen (secondary N) is 1. The monoisotopic (exact) mass is 251 g/mol. The summed E-state index contributed by atoms with van der Waals surface area (Å²) in [7, 11) is 0. The van der Waals surface area contributed by atoms with E-state index in [0.717, 1.165) is 31.5 Å². The Labute approximate surface area is 108 Å². The van der Waals surface area contributed by atoms with Gasteiger partial charge in [0.1, 0.15) is 5.82 Å². The highest BCUT2D eigenvalue weighted by atomic mass is 19.1. The van der Waals surface area contributed by atoms with Crippen LogP contribution in [0.5, 0.6) is 0 Å². The van der Waals surface area contributed by atoms with Gasteiger partial charge in [0.05, 0.1) is 0 Å². The lowest BCUT2D eigenvalue weighted by atomic mass is 10.1. The molecule has 0 aliphatic rings. The van der Waals surface area contributed by atoms with Crippen LogP contribution in [0.2, 0.25) is 0 Å². The summed E-state index contributed by atoms with van der Waals surface area (Å²) >= 11 is 0. The van der Waals surface area contributed by atoms with Crippen LogP contribution < -0.4 is 11.1 Å². The third-order valence-electron chi connectivity index (χ3n) is 2.46. The molecule has 0 aliphatic heterocycles. The molecule has 100 valence electrons. The molecule has 3 N–H and O–H groups in total.